The van der Waals surface area contributed by atoms with E-state index in [0.29, 0.717) is 27.5 Å². The van der Waals surface area contributed by atoms with Crippen LogP contribution in [-0.4, -0.2) is 40.7 Å². The summed E-state index contributed by atoms with van der Waals surface area (Å²) in [6.45, 7) is 1.78. The Hall–Kier alpha value is -3.75. The zero-order valence-electron chi connectivity index (χ0n) is 20.0. The summed E-state index contributed by atoms with van der Waals surface area (Å²) in [5.74, 6) is -1.33. The first-order valence-electron chi connectivity index (χ1n) is 12.2. The molecule has 0 spiro atoms. The number of halogens is 1. The fraction of sp³-hybridized carbons (Fsp3) is 0.207. The second-order valence-corrected chi connectivity index (χ2v) is 10.1. The number of nitrogens with zero attached hydrogens (tertiary/aromatic N) is 1. The average Bonchev–Trinajstić information content (AvgIpc) is 2.91. The topological polar surface area (TPSA) is 100 Å². The molecule has 1 amide bonds. The van der Waals surface area contributed by atoms with Crippen LogP contribution in [0.4, 0.5) is 0 Å². The summed E-state index contributed by atoms with van der Waals surface area (Å²) in [5.41, 5.74) is 1.98. The molecule has 188 valence electrons. The molecule has 1 atom stereocenters. The second-order valence-electron chi connectivity index (χ2n) is 9.19. The molecule has 3 aromatic carbocycles. The number of hydrogen-bond donors (Lipinski definition) is 3. The van der Waals surface area contributed by atoms with Gasteiger partial charge in [-0.25, -0.2) is 4.79 Å². The Labute approximate surface area is 222 Å². The number of pyridine rings is 1. The number of amides is 1. The van der Waals surface area contributed by atoms with Gasteiger partial charge in [-0.1, -0.05) is 58.4 Å². The fourth-order valence-electron chi connectivity index (χ4n) is 4.88. The van der Waals surface area contributed by atoms with Gasteiger partial charge in [0.05, 0.1) is 6.54 Å². The molecule has 4 aromatic rings. The van der Waals surface area contributed by atoms with Crippen molar-refractivity contribution in [2.24, 2.45) is 0 Å². The third-order valence-corrected chi connectivity index (χ3v) is 7.18. The molecule has 1 aliphatic rings. The van der Waals surface area contributed by atoms with E-state index in [2.05, 4.69) is 26.6 Å². The van der Waals surface area contributed by atoms with Crippen molar-refractivity contribution in [1.82, 2.24) is 15.2 Å². The van der Waals surface area contributed by atoms with E-state index in [1.54, 1.807) is 42.5 Å². The van der Waals surface area contributed by atoms with Crippen LogP contribution in [0.3, 0.4) is 0 Å². The molecule has 2 heterocycles. The Balaban J connectivity index is 1.55. The molecular weight excluding hydrogens is 534 g/mol. The molecule has 1 unspecified atom stereocenters. The van der Waals surface area contributed by atoms with Crippen molar-refractivity contribution in [2.75, 3.05) is 13.1 Å². The van der Waals surface area contributed by atoms with E-state index < -0.39 is 5.97 Å². The Morgan fingerprint density at radius 3 is 2.46 bits per heavy atom. The number of hydrogen-bond acceptors (Lipinski definition) is 4. The molecule has 8 heteroatoms. The van der Waals surface area contributed by atoms with Gasteiger partial charge in [0, 0.05) is 33.6 Å². The van der Waals surface area contributed by atoms with E-state index in [1.165, 1.54) is 4.57 Å². The third kappa shape index (κ3) is 5.21. The Morgan fingerprint density at radius 1 is 1.03 bits per heavy atom. The highest BCUT2D eigenvalue weighted by Gasteiger charge is 2.23. The minimum atomic E-state index is -1.19. The zero-order valence-corrected chi connectivity index (χ0v) is 21.6. The minimum Gasteiger partial charge on any atom is -0.477 e. The van der Waals surface area contributed by atoms with Gasteiger partial charge in [-0.05, 0) is 66.2 Å². The van der Waals surface area contributed by atoms with Gasteiger partial charge in [-0.15, -0.1) is 0 Å². The van der Waals surface area contributed by atoms with Crippen molar-refractivity contribution in [3.05, 3.63) is 104 Å². The maximum atomic E-state index is 13.6. The number of carbonyl (C=O) groups is 2. The standard InChI is InChI=1S/C29H26BrN3O4/c30-21-12-13-23-24(15-21)25(19-5-2-1-3-6-19)26(29(36)37)33(28(23)35)17-18-8-10-20(11-9-18)27(34)32-22-7-4-14-31-16-22/h1-3,5-6,8-13,15,22,31H,4,7,14,16-17H2,(H,32,34)(H,36,37). The molecule has 5 rings (SSSR count). The summed E-state index contributed by atoms with van der Waals surface area (Å²) < 4.78 is 2.06. The predicted molar refractivity (Wildman–Crippen MR) is 147 cm³/mol. The molecule has 0 aliphatic carbocycles. The number of carboxylic acids is 1. The molecule has 37 heavy (non-hydrogen) atoms. The van der Waals surface area contributed by atoms with Crippen LogP contribution in [0.5, 0.6) is 0 Å². The summed E-state index contributed by atoms with van der Waals surface area (Å²) >= 11 is 3.45. The van der Waals surface area contributed by atoms with Crippen molar-refractivity contribution < 1.29 is 14.7 Å². The van der Waals surface area contributed by atoms with Gasteiger partial charge in [-0.2, -0.15) is 0 Å². The largest absolute Gasteiger partial charge is 0.477 e. The molecule has 0 saturated carbocycles. The normalized spacial score (nSPS) is 15.4. The van der Waals surface area contributed by atoms with Gasteiger partial charge in [0.15, 0.2) is 0 Å². The number of fused-ring (bicyclic) bond motifs is 1. The van der Waals surface area contributed by atoms with E-state index >= 15 is 0 Å². The van der Waals surface area contributed by atoms with Crippen molar-refractivity contribution in [2.45, 2.75) is 25.4 Å². The Bertz CT molecular complexity index is 1530. The number of carbonyl (C=O) groups excluding carboxylic acids is 1. The molecule has 0 radical (unpaired) electrons. The van der Waals surface area contributed by atoms with Crippen molar-refractivity contribution in [3.63, 3.8) is 0 Å². The first kappa shape index (κ1) is 24.9. The number of carboxylic acid groups (broad SMARTS) is 1. The lowest BCUT2D eigenvalue weighted by molar-refractivity contribution is 0.0685. The van der Waals surface area contributed by atoms with Crippen LogP contribution in [0.25, 0.3) is 21.9 Å². The van der Waals surface area contributed by atoms with Crippen LogP contribution in [0, 0.1) is 0 Å². The summed E-state index contributed by atoms with van der Waals surface area (Å²) in [6, 6.07) is 21.5. The van der Waals surface area contributed by atoms with Crippen molar-refractivity contribution >= 4 is 38.6 Å². The van der Waals surface area contributed by atoms with Crippen LogP contribution >= 0.6 is 15.9 Å². The van der Waals surface area contributed by atoms with E-state index in [4.69, 9.17) is 0 Å². The summed E-state index contributed by atoms with van der Waals surface area (Å²) in [5, 5.41) is 17.6. The highest BCUT2D eigenvalue weighted by Crippen LogP contribution is 2.32. The number of nitrogens with one attached hydrogen (secondary N) is 2. The number of rotatable bonds is 6. The molecule has 1 saturated heterocycles. The summed E-state index contributed by atoms with van der Waals surface area (Å²) in [4.78, 5) is 38.8. The number of aromatic nitrogens is 1. The van der Waals surface area contributed by atoms with Gasteiger partial charge >= 0.3 is 5.97 Å². The van der Waals surface area contributed by atoms with Crippen LogP contribution < -0.4 is 16.2 Å². The maximum absolute atomic E-state index is 13.6. The molecule has 1 aromatic heterocycles. The van der Waals surface area contributed by atoms with Gasteiger partial charge < -0.3 is 15.7 Å². The van der Waals surface area contributed by atoms with E-state index in [1.807, 2.05) is 30.3 Å². The lowest BCUT2D eigenvalue weighted by Gasteiger charge is -2.23. The minimum absolute atomic E-state index is 0.0563. The van der Waals surface area contributed by atoms with E-state index in [9.17, 15) is 19.5 Å². The third-order valence-electron chi connectivity index (χ3n) is 6.69. The van der Waals surface area contributed by atoms with Gasteiger partial charge in [0.1, 0.15) is 5.69 Å². The molecule has 0 bridgehead atoms. The molecule has 7 nitrogen and oxygen atoms in total. The quantitative estimate of drug-likeness (QED) is 0.319. The summed E-state index contributed by atoms with van der Waals surface area (Å²) in [6.07, 6.45) is 1.97. The highest BCUT2D eigenvalue weighted by atomic mass is 79.9. The van der Waals surface area contributed by atoms with Crippen molar-refractivity contribution in [3.8, 4) is 11.1 Å². The molecular formula is C29H26BrN3O4. The van der Waals surface area contributed by atoms with E-state index in [-0.39, 0.29) is 29.7 Å². The van der Waals surface area contributed by atoms with Crippen LogP contribution in [0.15, 0.2) is 82.1 Å². The predicted octanol–water partition coefficient (Wildman–Crippen LogP) is 4.66. The van der Waals surface area contributed by atoms with E-state index in [0.717, 1.165) is 36.0 Å². The smallest absolute Gasteiger partial charge is 0.353 e. The molecule has 1 fully saturated rings. The lowest BCUT2D eigenvalue weighted by atomic mass is 9.96. The SMILES string of the molecule is O=C(NC1CCCNC1)c1ccc(Cn2c(C(=O)O)c(-c3ccccc3)c3cc(Br)ccc3c2=O)cc1. The van der Waals surface area contributed by atoms with Crippen LogP contribution in [0.1, 0.15) is 39.3 Å². The van der Waals surface area contributed by atoms with Gasteiger partial charge in [0.2, 0.25) is 0 Å². The van der Waals surface area contributed by atoms with Gasteiger partial charge in [-0.3, -0.25) is 14.2 Å². The summed E-state index contributed by atoms with van der Waals surface area (Å²) in [7, 11) is 0. The lowest BCUT2D eigenvalue weighted by Crippen LogP contribution is -2.45. The van der Waals surface area contributed by atoms with Crippen LogP contribution in [-0.2, 0) is 6.54 Å². The maximum Gasteiger partial charge on any atom is 0.353 e. The average molecular weight is 560 g/mol. The number of piperidine rings is 1. The number of benzene rings is 3. The first-order chi connectivity index (χ1) is 17.9. The monoisotopic (exact) mass is 559 g/mol. The fourth-order valence-corrected chi connectivity index (χ4v) is 5.24. The Kier molecular flexibility index (Phi) is 7.21. The Morgan fingerprint density at radius 2 is 1.78 bits per heavy atom. The molecule has 1 aliphatic heterocycles. The number of aromatic carboxylic acids is 1. The first-order valence-corrected chi connectivity index (χ1v) is 13.0. The second kappa shape index (κ2) is 10.7. The van der Waals surface area contributed by atoms with Crippen LogP contribution in [0.2, 0.25) is 0 Å². The molecule has 3 N–H and O–H groups in total. The highest BCUT2D eigenvalue weighted by molar-refractivity contribution is 9.10. The zero-order chi connectivity index (χ0) is 25.9. The van der Waals surface area contributed by atoms with Gasteiger partial charge in [0.25, 0.3) is 11.5 Å². The van der Waals surface area contributed by atoms with Crippen molar-refractivity contribution in [1.29, 1.82) is 0 Å².